The lowest BCUT2D eigenvalue weighted by molar-refractivity contribution is 0.0186. The van der Waals surface area contributed by atoms with Crippen LogP contribution in [-0.2, 0) is 4.74 Å². The number of likely N-dealkylation sites (tertiary alicyclic amines) is 1. The van der Waals surface area contributed by atoms with E-state index in [9.17, 15) is 4.79 Å². The Labute approximate surface area is 143 Å². The van der Waals surface area contributed by atoms with Gasteiger partial charge in [0.25, 0.3) is 0 Å². The third kappa shape index (κ3) is 4.32. The van der Waals surface area contributed by atoms with Crippen molar-refractivity contribution in [3.8, 4) is 11.5 Å². The molecule has 1 aromatic carbocycles. The molecule has 0 spiro atoms. The van der Waals surface area contributed by atoms with Gasteiger partial charge in [-0.05, 0) is 45.4 Å². The smallest absolute Gasteiger partial charge is 0.410 e. The van der Waals surface area contributed by atoms with E-state index >= 15 is 0 Å². The zero-order valence-electron chi connectivity index (χ0n) is 15.2. The molecule has 0 radical (unpaired) electrons. The fourth-order valence-electron chi connectivity index (χ4n) is 2.99. The monoisotopic (exact) mass is 336 g/mol. The minimum Gasteiger partial charge on any atom is -0.497 e. The van der Waals surface area contributed by atoms with Crippen LogP contribution in [0.15, 0.2) is 18.2 Å². The van der Waals surface area contributed by atoms with Gasteiger partial charge in [0, 0.05) is 30.6 Å². The summed E-state index contributed by atoms with van der Waals surface area (Å²) in [7, 11) is 3.28. The molecule has 1 aliphatic rings. The van der Waals surface area contributed by atoms with Gasteiger partial charge >= 0.3 is 6.09 Å². The number of piperidine rings is 1. The molecule has 1 heterocycles. The van der Waals surface area contributed by atoms with E-state index in [1.807, 2.05) is 39.0 Å². The molecule has 134 valence electrons. The number of rotatable bonds is 3. The summed E-state index contributed by atoms with van der Waals surface area (Å²) in [5.74, 6) is 1.67. The molecule has 1 fully saturated rings. The van der Waals surface area contributed by atoms with E-state index in [2.05, 4.69) is 0 Å². The molecular formula is C18H28N2O4. The number of hydrogen-bond acceptors (Lipinski definition) is 5. The van der Waals surface area contributed by atoms with Crippen LogP contribution in [0.2, 0.25) is 0 Å². The summed E-state index contributed by atoms with van der Waals surface area (Å²) in [4.78, 5) is 13.9. The first-order valence-electron chi connectivity index (χ1n) is 8.20. The SMILES string of the molecule is COc1ccc(OC)c([C@H]2CCN(C(=O)OC(C)(C)C)C[C@H]2N)c1. The number of carbonyl (C=O) groups excluding carboxylic acids is 1. The number of carbonyl (C=O) groups is 1. The quantitative estimate of drug-likeness (QED) is 0.919. The van der Waals surface area contributed by atoms with Crippen LogP contribution in [0.4, 0.5) is 4.79 Å². The average molecular weight is 336 g/mol. The summed E-state index contributed by atoms with van der Waals surface area (Å²) in [6.45, 7) is 6.64. The molecular weight excluding hydrogens is 308 g/mol. The molecule has 1 saturated heterocycles. The minimum absolute atomic E-state index is 0.105. The molecule has 0 bridgehead atoms. The summed E-state index contributed by atoms with van der Waals surface area (Å²) < 4.78 is 16.2. The molecule has 1 aromatic rings. The second-order valence-electron chi connectivity index (χ2n) is 7.09. The van der Waals surface area contributed by atoms with E-state index in [1.165, 1.54) is 0 Å². The molecule has 0 aliphatic carbocycles. The molecule has 6 heteroatoms. The molecule has 1 aliphatic heterocycles. The van der Waals surface area contributed by atoms with Crippen molar-refractivity contribution >= 4 is 6.09 Å². The van der Waals surface area contributed by atoms with Crippen LogP contribution in [-0.4, -0.2) is 49.9 Å². The summed E-state index contributed by atoms with van der Waals surface area (Å²) >= 11 is 0. The third-order valence-electron chi connectivity index (χ3n) is 4.15. The topological polar surface area (TPSA) is 74.0 Å². The van der Waals surface area contributed by atoms with Crippen molar-refractivity contribution in [1.29, 1.82) is 0 Å². The number of nitrogens with zero attached hydrogens (tertiary/aromatic N) is 1. The Morgan fingerprint density at radius 1 is 1.25 bits per heavy atom. The standard InChI is InChI=1S/C18H28N2O4/c1-18(2,3)24-17(21)20-9-8-13(15(19)11-20)14-10-12(22-4)6-7-16(14)23-5/h6-7,10,13,15H,8-9,11,19H2,1-5H3/t13-,15-/m1/s1. The van der Waals surface area contributed by atoms with Gasteiger partial charge in [-0.2, -0.15) is 0 Å². The van der Waals surface area contributed by atoms with Gasteiger partial charge in [-0.25, -0.2) is 4.79 Å². The minimum atomic E-state index is -0.506. The number of benzene rings is 1. The van der Waals surface area contributed by atoms with Crippen molar-refractivity contribution in [1.82, 2.24) is 4.90 Å². The van der Waals surface area contributed by atoms with Crippen molar-refractivity contribution in [3.63, 3.8) is 0 Å². The Bertz CT molecular complexity index is 583. The predicted molar refractivity (Wildman–Crippen MR) is 92.7 cm³/mol. The summed E-state index contributed by atoms with van der Waals surface area (Å²) in [5, 5.41) is 0. The van der Waals surface area contributed by atoms with E-state index in [0.29, 0.717) is 13.1 Å². The van der Waals surface area contributed by atoms with Gasteiger partial charge in [0.05, 0.1) is 14.2 Å². The zero-order valence-corrected chi connectivity index (χ0v) is 15.2. The van der Waals surface area contributed by atoms with Crippen molar-refractivity contribution in [2.75, 3.05) is 27.3 Å². The first-order valence-corrected chi connectivity index (χ1v) is 8.20. The fourth-order valence-corrected chi connectivity index (χ4v) is 2.99. The van der Waals surface area contributed by atoms with Gasteiger partial charge in [0.2, 0.25) is 0 Å². The summed E-state index contributed by atoms with van der Waals surface area (Å²) in [6, 6.07) is 5.53. The maximum atomic E-state index is 12.2. The van der Waals surface area contributed by atoms with E-state index < -0.39 is 5.60 Å². The first kappa shape index (κ1) is 18.4. The van der Waals surface area contributed by atoms with Gasteiger partial charge in [-0.15, -0.1) is 0 Å². The second kappa shape index (κ2) is 7.30. The first-order chi connectivity index (χ1) is 11.2. The van der Waals surface area contributed by atoms with Crippen LogP contribution in [0.25, 0.3) is 0 Å². The van der Waals surface area contributed by atoms with E-state index in [0.717, 1.165) is 23.5 Å². The molecule has 6 nitrogen and oxygen atoms in total. The molecule has 2 N–H and O–H groups in total. The Balaban J connectivity index is 2.13. The molecule has 0 aromatic heterocycles. The van der Waals surface area contributed by atoms with Gasteiger partial charge in [0.15, 0.2) is 0 Å². The van der Waals surface area contributed by atoms with Gasteiger partial charge in [-0.3, -0.25) is 0 Å². The highest BCUT2D eigenvalue weighted by Gasteiger charge is 2.33. The van der Waals surface area contributed by atoms with Crippen molar-refractivity contribution in [2.24, 2.45) is 5.73 Å². The van der Waals surface area contributed by atoms with E-state index in [-0.39, 0.29) is 18.1 Å². The molecule has 1 amide bonds. The van der Waals surface area contributed by atoms with Crippen molar-refractivity contribution < 1.29 is 19.0 Å². The maximum Gasteiger partial charge on any atom is 0.410 e. The highest BCUT2D eigenvalue weighted by Crippen LogP contribution is 2.36. The van der Waals surface area contributed by atoms with Crippen molar-refractivity contribution in [2.45, 2.75) is 44.8 Å². The number of nitrogens with two attached hydrogens (primary N) is 1. The zero-order chi connectivity index (χ0) is 17.9. The van der Waals surface area contributed by atoms with Crippen LogP contribution in [0, 0.1) is 0 Å². The highest BCUT2D eigenvalue weighted by atomic mass is 16.6. The number of amides is 1. The van der Waals surface area contributed by atoms with Crippen LogP contribution in [0.3, 0.4) is 0 Å². The highest BCUT2D eigenvalue weighted by molar-refractivity contribution is 5.68. The van der Waals surface area contributed by atoms with Crippen molar-refractivity contribution in [3.05, 3.63) is 23.8 Å². The molecule has 2 rings (SSSR count). The largest absolute Gasteiger partial charge is 0.497 e. The Morgan fingerprint density at radius 3 is 2.50 bits per heavy atom. The molecule has 0 unspecified atom stereocenters. The van der Waals surface area contributed by atoms with Gasteiger partial charge in [0.1, 0.15) is 17.1 Å². The Kier molecular flexibility index (Phi) is 5.59. The molecule has 24 heavy (non-hydrogen) atoms. The maximum absolute atomic E-state index is 12.2. The number of ether oxygens (including phenoxy) is 3. The lowest BCUT2D eigenvalue weighted by Gasteiger charge is -2.38. The predicted octanol–water partition coefficient (Wildman–Crippen LogP) is 2.76. The van der Waals surface area contributed by atoms with Gasteiger partial charge < -0.3 is 24.8 Å². The molecule has 0 saturated carbocycles. The van der Waals surface area contributed by atoms with Gasteiger partial charge in [-0.1, -0.05) is 0 Å². The fraction of sp³-hybridized carbons (Fsp3) is 0.611. The summed E-state index contributed by atoms with van der Waals surface area (Å²) in [5.41, 5.74) is 6.89. The number of hydrogen-bond donors (Lipinski definition) is 1. The van der Waals surface area contributed by atoms with Crippen LogP contribution in [0.5, 0.6) is 11.5 Å². The van der Waals surface area contributed by atoms with Crippen LogP contribution < -0.4 is 15.2 Å². The lowest BCUT2D eigenvalue weighted by Crippen LogP contribution is -2.50. The summed E-state index contributed by atoms with van der Waals surface area (Å²) in [6.07, 6.45) is 0.443. The average Bonchev–Trinajstić information content (AvgIpc) is 2.52. The molecule has 2 atom stereocenters. The van der Waals surface area contributed by atoms with E-state index in [1.54, 1.807) is 19.1 Å². The number of methoxy groups -OCH3 is 2. The third-order valence-corrected chi connectivity index (χ3v) is 4.15. The normalized spacial score (nSPS) is 21.3. The second-order valence-corrected chi connectivity index (χ2v) is 7.09. The van der Waals surface area contributed by atoms with Crippen LogP contribution >= 0.6 is 0 Å². The van der Waals surface area contributed by atoms with E-state index in [4.69, 9.17) is 19.9 Å². The van der Waals surface area contributed by atoms with Crippen LogP contribution in [0.1, 0.15) is 38.7 Å². The Hall–Kier alpha value is -1.95. The Morgan fingerprint density at radius 2 is 1.96 bits per heavy atom. The lowest BCUT2D eigenvalue weighted by atomic mass is 9.85.